The summed E-state index contributed by atoms with van der Waals surface area (Å²) in [6.45, 7) is 0.0989. The molecule has 1 heterocycles. The quantitative estimate of drug-likeness (QED) is 0.663. The molecule has 21 heavy (non-hydrogen) atoms. The van der Waals surface area contributed by atoms with E-state index < -0.39 is 5.63 Å². The fourth-order valence-corrected chi connectivity index (χ4v) is 2.26. The van der Waals surface area contributed by atoms with Gasteiger partial charge in [0.2, 0.25) is 0 Å². The minimum atomic E-state index is -0.418. The Kier molecular flexibility index (Phi) is 3.75. The van der Waals surface area contributed by atoms with Gasteiger partial charge in [-0.3, -0.25) is 0 Å². The van der Waals surface area contributed by atoms with Crippen molar-refractivity contribution in [2.75, 3.05) is 0 Å². The molecule has 0 unspecified atom stereocenters. The zero-order valence-corrected chi connectivity index (χ0v) is 12.4. The maximum absolute atomic E-state index is 13.7. The molecule has 0 spiro atoms. The van der Waals surface area contributed by atoms with Crippen LogP contribution in [0.1, 0.15) is 5.56 Å². The van der Waals surface area contributed by atoms with Crippen LogP contribution in [0.5, 0.6) is 5.75 Å². The summed E-state index contributed by atoms with van der Waals surface area (Å²) in [5.41, 5.74) is 0.475. The van der Waals surface area contributed by atoms with Gasteiger partial charge in [-0.1, -0.05) is 22.0 Å². The van der Waals surface area contributed by atoms with Crippen LogP contribution in [-0.4, -0.2) is 0 Å². The van der Waals surface area contributed by atoms with E-state index >= 15 is 0 Å². The second kappa shape index (κ2) is 5.69. The summed E-state index contributed by atoms with van der Waals surface area (Å²) in [4.78, 5) is 11.2. The lowest BCUT2D eigenvalue weighted by molar-refractivity contribution is 0.299. The Morgan fingerprint density at radius 2 is 1.90 bits per heavy atom. The number of halogens is 2. The fourth-order valence-electron chi connectivity index (χ4n) is 1.93. The summed E-state index contributed by atoms with van der Waals surface area (Å²) in [5.74, 6) is 0.177. The van der Waals surface area contributed by atoms with Crippen molar-refractivity contribution >= 4 is 26.9 Å². The van der Waals surface area contributed by atoms with E-state index in [1.807, 2.05) is 0 Å². The second-order valence-corrected chi connectivity index (χ2v) is 5.39. The van der Waals surface area contributed by atoms with Crippen molar-refractivity contribution in [3.63, 3.8) is 0 Å². The van der Waals surface area contributed by atoms with E-state index in [1.54, 1.807) is 36.4 Å². The van der Waals surface area contributed by atoms with Crippen molar-refractivity contribution in [3.8, 4) is 5.75 Å². The molecule has 0 amide bonds. The number of fused-ring (bicyclic) bond motifs is 1. The van der Waals surface area contributed by atoms with E-state index in [1.165, 1.54) is 12.1 Å². The van der Waals surface area contributed by atoms with Gasteiger partial charge in [-0.25, -0.2) is 9.18 Å². The topological polar surface area (TPSA) is 39.4 Å². The van der Waals surface area contributed by atoms with Gasteiger partial charge in [-0.15, -0.1) is 0 Å². The molecule has 3 nitrogen and oxygen atoms in total. The third kappa shape index (κ3) is 3.13. The van der Waals surface area contributed by atoms with Crippen LogP contribution in [0, 0.1) is 5.82 Å². The normalized spacial score (nSPS) is 10.8. The molecule has 0 radical (unpaired) electrons. The van der Waals surface area contributed by atoms with Crippen LogP contribution in [0.2, 0.25) is 0 Å². The molecule has 1 aromatic heterocycles. The van der Waals surface area contributed by atoms with Crippen LogP contribution >= 0.6 is 15.9 Å². The molecule has 0 aliphatic carbocycles. The summed E-state index contributed by atoms with van der Waals surface area (Å²) in [5, 5.41) is 0.803. The van der Waals surface area contributed by atoms with Gasteiger partial charge in [-0.05, 0) is 30.3 Å². The van der Waals surface area contributed by atoms with Crippen LogP contribution in [0.4, 0.5) is 4.39 Å². The molecule has 0 aliphatic rings. The van der Waals surface area contributed by atoms with Crippen molar-refractivity contribution in [2.45, 2.75) is 6.61 Å². The Bertz CT molecular complexity index is 858. The SMILES string of the molecule is O=c1ccc2ccc(OCc3ccc(Br)cc3F)cc2o1. The molecular formula is C16H10BrFO3. The zero-order chi connectivity index (χ0) is 14.8. The Labute approximate surface area is 128 Å². The van der Waals surface area contributed by atoms with E-state index in [-0.39, 0.29) is 12.4 Å². The molecule has 0 N–H and O–H groups in total. The predicted molar refractivity (Wildman–Crippen MR) is 80.9 cm³/mol. The van der Waals surface area contributed by atoms with Gasteiger partial charge in [0.05, 0.1) is 0 Å². The molecule has 0 aliphatic heterocycles. The standard InChI is InChI=1S/C16H10BrFO3/c17-12-4-1-11(14(18)7-12)9-20-13-5-2-10-3-6-16(19)21-15(10)8-13/h1-8H,9H2. The van der Waals surface area contributed by atoms with E-state index in [4.69, 9.17) is 9.15 Å². The lowest BCUT2D eigenvalue weighted by Crippen LogP contribution is -1.99. The molecule has 5 heteroatoms. The number of rotatable bonds is 3. The number of hydrogen-bond acceptors (Lipinski definition) is 3. The van der Waals surface area contributed by atoms with Gasteiger partial charge < -0.3 is 9.15 Å². The first-order chi connectivity index (χ1) is 10.1. The van der Waals surface area contributed by atoms with Gasteiger partial charge >= 0.3 is 5.63 Å². The molecule has 2 aromatic carbocycles. The fraction of sp³-hybridized carbons (Fsp3) is 0.0625. The van der Waals surface area contributed by atoms with Crippen LogP contribution < -0.4 is 10.4 Å². The first kappa shape index (κ1) is 13.8. The van der Waals surface area contributed by atoms with Crippen molar-refractivity contribution < 1.29 is 13.5 Å². The highest BCUT2D eigenvalue weighted by molar-refractivity contribution is 9.10. The highest BCUT2D eigenvalue weighted by atomic mass is 79.9. The minimum Gasteiger partial charge on any atom is -0.489 e. The van der Waals surface area contributed by atoms with E-state index in [0.717, 1.165) is 5.39 Å². The summed E-state index contributed by atoms with van der Waals surface area (Å²) < 4.78 is 25.0. The summed E-state index contributed by atoms with van der Waals surface area (Å²) in [6, 6.07) is 13.0. The molecule has 0 atom stereocenters. The zero-order valence-electron chi connectivity index (χ0n) is 10.8. The Hall–Kier alpha value is -2.14. The Balaban J connectivity index is 1.83. The predicted octanol–water partition coefficient (Wildman–Crippen LogP) is 4.27. The summed E-state index contributed by atoms with van der Waals surface area (Å²) in [7, 11) is 0. The molecule has 106 valence electrons. The van der Waals surface area contributed by atoms with Crippen molar-refractivity contribution in [1.29, 1.82) is 0 Å². The number of benzene rings is 2. The number of ether oxygens (including phenoxy) is 1. The van der Waals surface area contributed by atoms with Gasteiger partial charge in [0, 0.05) is 27.6 Å². The van der Waals surface area contributed by atoms with Crippen molar-refractivity contribution in [2.24, 2.45) is 0 Å². The Morgan fingerprint density at radius 1 is 1.10 bits per heavy atom. The second-order valence-electron chi connectivity index (χ2n) is 4.48. The van der Waals surface area contributed by atoms with Crippen LogP contribution in [-0.2, 0) is 6.61 Å². The minimum absolute atomic E-state index is 0.0989. The molecule has 3 rings (SSSR count). The highest BCUT2D eigenvalue weighted by Gasteiger charge is 2.05. The van der Waals surface area contributed by atoms with E-state index in [2.05, 4.69) is 15.9 Å². The largest absolute Gasteiger partial charge is 0.489 e. The molecule has 0 saturated carbocycles. The molecule has 0 bridgehead atoms. The first-order valence-electron chi connectivity index (χ1n) is 6.22. The number of hydrogen-bond donors (Lipinski definition) is 0. The molecule has 0 fully saturated rings. The van der Waals surface area contributed by atoms with Gasteiger partial charge in [0.15, 0.2) is 0 Å². The molecule has 3 aromatic rings. The monoisotopic (exact) mass is 348 g/mol. The van der Waals surface area contributed by atoms with Crippen LogP contribution in [0.3, 0.4) is 0 Å². The van der Waals surface area contributed by atoms with Gasteiger partial charge in [0.25, 0.3) is 0 Å². The highest BCUT2D eigenvalue weighted by Crippen LogP contribution is 2.21. The van der Waals surface area contributed by atoms with Gasteiger partial charge in [0.1, 0.15) is 23.8 Å². The average Bonchev–Trinajstić information content (AvgIpc) is 2.46. The van der Waals surface area contributed by atoms with Crippen LogP contribution in [0.15, 0.2) is 62.2 Å². The van der Waals surface area contributed by atoms with Crippen LogP contribution in [0.25, 0.3) is 11.0 Å². The molecule has 0 saturated heterocycles. The van der Waals surface area contributed by atoms with Crippen molar-refractivity contribution in [1.82, 2.24) is 0 Å². The lowest BCUT2D eigenvalue weighted by atomic mass is 10.2. The Morgan fingerprint density at radius 3 is 2.71 bits per heavy atom. The first-order valence-corrected chi connectivity index (χ1v) is 7.02. The van der Waals surface area contributed by atoms with E-state index in [0.29, 0.717) is 21.4 Å². The molecular weight excluding hydrogens is 339 g/mol. The third-order valence-electron chi connectivity index (χ3n) is 3.00. The van der Waals surface area contributed by atoms with E-state index in [9.17, 15) is 9.18 Å². The third-order valence-corrected chi connectivity index (χ3v) is 3.50. The average molecular weight is 349 g/mol. The summed E-state index contributed by atoms with van der Waals surface area (Å²) >= 11 is 3.20. The maximum Gasteiger partial charge on any atom is 0.336 e. The summed E-state index contributed by atoms with van der Waals surface area (Å²) in [6.07, 6.45) is 0. The lowest BCUT2D eigenvalue weighted by Gasteiger charge is -2.08. The maximum atomic E-state index is 13.7. The van der Waals surface area contributed by atoms with Crippen molar-refractivity contribution in [3.05, 3.63) is 74.8 Å². The van der Waals surface area contributed by atoms with Gasteiger partial charge in [-0.2, -0.15) is 0 Å². The smallest absolute Gasteiger partial charge is 0.336 e.